The molecule has 0 radical (unpaired) electrons. The first-order valence-electron chi connectivity index (χ1n) is 5.88. The monoisotopic (exact) mass is 227 g/mol. The van der Waals surface area contributed by atoms with Crippen LogP contribution in [0.2, 0.25) is 0 Å². The molecule has 1 N–H and O–H groups in total. The first-order valence-corrected chi connectivity index (χ1v) is 5.88. The summed E-state index contributed by atoms with van der Waals surface area (Å²) < 4.78 is 12.8. The third-order valence-corrected chi connectivity index (χ3v) is 3.30. The van der Waals surface area contributed by atoms with Gasteiger partial charge in [0.05, 0.1) is 5.54 Å². The standard InChI is InChI=1S/C15H14FN/c16-13-6-8-14(9-7-13)17-15(10-11-15)12-4-2-1-3-5-12/h1-9,17H,10-11H2. The van der Waals surface area contributed by atoms with Gasteiger partial charge in [-0.25, -0.2) is 4.39 Å². The molecule has 0 heterocycles. The second-order valence-electron chi connectivity index (χ2n) is 4.58. The Hall–Kier alpha value is -1.83. The van der Waals surface area contributed by atoms with E-state index in [1.54, 1.807) is 12.1 Å². The van der Waals surface area contributed by atoms with Crippen molar-refractivity contribution in [2.24, 2.45) is 0 Å². The molecular weight excluding hydrogens is 213 g/mol. The summed E-state index contributed by atoms with van der Waals surface area (Å²) >= 11 is 0. The Morgan fingerprint density at radius 1 is 0.882 bits per heavy atom. The molecule has 0 amide bonds. The highest BCUT2D eigenvalue weighted by molar-refractivity contribution is 5.50. The van der Waals surface area contributed by atoms with Gasteiger partial charge < -0.3 is 5.32 Å². The highest BCUT2D eigenvalue weighted by Crippen LogP contribution is 2.48. The lowest BCUT2D eigenvalue weighted by Crippen LogP contribution is -2.18. The zero-order chi connectivity index (χ0) is 11.7. The van der Waals surface area contributed by atoms with E-state index in [0.29, 0.717) is 0 Å². The van der Waals surface area contributed by atoms with Crippen molar-refractivity contribution in [1.29, 1.82) is 0 Å². The molecule has 1 aliphatic carbocycles. The van der Waals surface area contributed by atoms with Gasteiger partial charge in [-0.2, -0.15) is 0 Å². The molecule has 0 bridgehead atoms. The average Bonchev–Trinajstić information content (AvgIpc) is 3.15. The Labute approximate surface area is 100 Å². The van der Waals surface area contributed by atoms with E-state index in [4.69, 9.17) is 0 Å². The lowest BCUT2D eigenvalue weighted by Gasteiger charge is -2.19. The maximum atomic E-state index is 12.8. The van der Waals surface area contributed by atoms with E-state index in [9.17, 15) is 4.39 Å². The fourth-order valence-corrected chi connectivity index (χ4v) is 2.18. The molecule has 2 aromatic carbocycles. The summed E-state index contributed by atoms with van der Waals surface area (Å²) in [4.78, 5) is 0. The van der Waals surface area contributed by atoms with Crippen molar-refractivity contribution in [3.8, 4) is 0 Å². The van der Waals surface area contributed by atoms with Crippen LogP contribution in [0.5, 0.6) is 0 Å². The predicted molar refractivity (Wildman–Crippen MR) is 67.4 cm³/mol. The van der Waals surface area contributed by atoms with Crippen molar-refractivity contribution in [2.45, 2.75) is 18.4 Å². The molecule has 2 heteroatoms. The molecule has 0 aromatic heterocycles. The number of rotatable bonds is 3. The zero-order valence-corrected chi connectivity index (χ0v) is 9.49. The average molecular weight is 227 g/mol. The highest BCUT2D eigenvalue weighted by Gasteiger charge is 2.44. The van der Waals surface area contributed by atoms with Crippen LogP contribution in [-0.2, 0) is 5.54 Å². The number of anilines is 1. The highest BCUT2D eigenvalue weighted by atomic mass is 19.1. The summed E-state index contributed by atoms with van der Waals surface area (Å²) in [5.74, 6) is -0.194. The minimum atomic E-state index is -0.194. The van der Waals surface area contributed by atoms with E-state index < -0.39 is 0 Å². The van der Waals surface area contributed by atoms with Crippen molar-refractivity contribution in [1.82, 2.24) is 0 Å². The van der Waals surface area contributed by atoms with Crippen LogP contribution in [0.15, 0.2) is 54.6 Å². The smallest absolute Gasteiger partial charge is 0.123 e. The maximum absolute atomic E-state index is 12.8. The van der Waals surface area contributed by atoms with Gasteiger partial charge in [-0.3, -0.25) is 0 Å². The molecule has 0 spiro atoms. The van der Waals surface area contributed by atoms with Gasteiger partial charge in [0, 0.05) is 5.69 Å². The Bertz CT molecular complexity index is 500. The van der Waals surface area contributed by atoms with Crippen LogP contribution in [0.1, 0.15) is 18.4 Å². The van der Waals surface area contributed by atoms with Gasteiger partial charge in [0.2, 0.25) is 0 Å². The van der Waals surface area contributed by atoms with Gasteiger partial charge in [-0.05, 0) is 42.7 Å². The van der Waals surface area contributed by atoms with Gasteiger partial charge in [-0.1, -0.05) is 30.3 Å². The second kappa shape index (κ2) is 3.88. The summed E-state index contributed by atoms with van der Waals surface area (Å²) in [6, 6.07) is 17.0. The van der Waals surface area contributed by atoms with E-state index >= 15 is 0 Å². The molecule has 1 nitrogen and oxygen atoms in total. The van der Waals surface area contributed by atoms with Crippen molar-refractivity contribution >= 4 is 5.69 Å². The second-order valence-corrected chi connectivity index (χ2v) is 4.58. The Morgan fingerprint density at radius 2 is 1.53 bits per heavy atom. The van der Waals surface area contributed by atoms with Gasteiger partial charge in [0.15, 0.2) is 0 Å². The van der Waals surface area contributed by atoms with Crippen LogP contribution in [-0.4, -0.2) is 0 Å². The largest absolute Gasteiger partial charge is 0.376 e. The van der Waals surface area contributed by atoms with Crippen LogP contribution < -0.4 is 5.32 Å². The Kier molecular flexibility index (Phi) is 2.36. The Morgan fingerprint density at radius 3 is 2.12 bits per heavy atom. The number of benzene rings is 2. The predicted octanol–water partition coefficient (Wildman–Crippen LogP) is 3.93. The zero-order valence-electron chi connectivity index (χ0n) is 9.49. The molecule has 0 aliphatic heterocycles. The maximum Gasteiger partial charge on any atom is 0.123 e. The van der Waals surface area contributed by atoms with Crippen LogP contribution >= 0.6 is 0 Å². The molecule has 1 fully saturated rings. The van der Waals surface area contributed by atoms with E-state index in [1.165, 1.54) is 17.7 Å². The van der Waals surface area contributed by atoms with Crippen molar-refractivity contribution in [3.63, 3.8) is 0 Å². The third kappa shape index (κ3) is 2.03. The minimum Gasteiger partial charge on any atom is -0.376 e. The van der Waals surface area contributed by atoms with Gasteiger partial charge in [0.25, 0.3) is 0 Å². The summed E-state index contributed by atoms with van der Waals surface area (Å²) in [5.41, 5.74) is 2.36. The molecule has 3 rings (SSSR count). The minimum absolute atomic E-state index is 0.0685. The van der Waals surface area contributed by atoms with Gasteiger partial charge >= 0.3 is 0 Å². The summed E-state index contributed by atoms with van der Waals surface area (Å²) in [7, 11) is 0. The van der Waals surface area contributed by atoms with Crippen LogP contribution in [0.25, 0.3) is 0 Å². The van der Waals surface area contributed by atoms with Gasteiger partial charge in [0.1, 0.15) is 5.82 Å². The van der Waals surface area contributed by atoms with Crippen molar-refractivity contribution in [2.75, 3.05) is 5.32 Å². The molecule has 1 saturated carbocycles. The van der Waals surface area contributed by atoms with Crippen molar-refractivity contribution < 1.29 is 4.39 Å². The molecule has 2 aromatic rings. The van der Waals surface area contributed by atoms with E-state index in [1.807, 2.05) is 6.07 Å². The van der Waals surface area contributed by atoms with Crippen LogP contribution in [0, 0.1) is 5.82 Å². The number of nitrogens with one attached hydrogen (secondary N) is 1. The molecule has 17 heavy (non-hydrogen) atoms. The van der Waals surface area contributed by atoms with Gasteiger partial charge in [-0.15, -0.1) is 0 Å². The SMILES string of the molecule is Fc1ccc(NC2(c3ccccc3)CC2)cc1. The molecule has 1 aliphatic rings. The molecule has 0 unspecified atom stereocenters. The number of hydrogen-bond acceptors (Lipinski definition) is 1. The molecular formula is C15H14FN. The van der Waals surface area contributed by atoms with E-state index in [2.05, 4.69) is 29.6 Å². The normalized spacial score (nSPS) is 16.5. The summed E-state index contributed by atoms with van der Waals surface area (Å²) in [5, 5.41) is 3.51. The first kappa shape index (κ1) is 10.3. The van der Waals surface area contributed by atoms with E-state index in [-0.39, 0.29) is 11.4 Å². The fraction of sp³-hybridized carbons (Fsp3) is 0.200. The quantitative estimate of drug-likeness (QED) is 0.837. The summed E-state index contributed by atoms with van der Waals surface area (Å²) in [6.07, 6.45) is 2.27. The fourth-order valence-electron chi connectivity index (χ4n) is 2.18. The lowest BCUT2D eigenvalue weighted by molar-refractivity contribution is 0.627. The number of hydrogen-bond donors (Lipinski definition) is 1. The molecule has 86 valence electrons. The Balaban J connectivity index is 1.83. The van der Waals surface area contributed by atoms with E-state index in [0.717, 1.165) is 18.5 Å². The van der Waals surface area contributed by atoms with Crippen molar-refractivity contribution in [3.05, 3.63) is 66.0 Å². The molecule has 0 atom stereocenters. The molecule has 0 saturated heterocycles. The number of halogens is 1. The third-order valence-electron chi connectivity index (χ3n) is 3.30. The van der Waals surface area contributed by atoms with Crippen LogP contribution in [0.3, 0.4) is 0 Å². The lowest BCUT2D eigenvalue weighted by atomic mass is 10.0. The first-order chi connectivity index (χ1) is 8.28. The summed E-state index contributed by atoms with van der Waals surface area (Å²) in [6.45, 7) is 0. The van der Waals surface area contributed by atoms with Crippen LogP contribution in [0.4, 0.5) is 10.1 Å². The topological polar surface area (TPSA) is 12.0 Å².